The summed E-state index contributed by atoms with van der Waals surface area (Å²) in [5, 5.41) is 6.15. The maximum Gasteiger partial charge on any atom is 0.0694 e. The lowest BCUT2D eigenvalue weighted by atomic mass is 10.0. The Balaban J connectivity index is 1.90. The van der Waals surface area contributed by atoms with Crippen LogP contribution in [0.25, 0.3) is 10.8 Å². The molecule has 1 atom stereocenters. The summed E-state index contributed by atoms with van der Waals surface area (Å²) < 4.78 is 5.46. The molecule has 17 heavy (non-hydrogen) atoms. The lowest BCUT2D eigenvalue weighted by Crippen LogP contribution is -2.34. The Morgan fingerprint density at radius 3 is 2.71 bits per heavy atom. The van der Waals surface area contributed by atoms with Gasteiger partial charge in [-0.25, -0.2) is 0 Å². The Morgan fingerprint density at radius 1 is 1.12 bits per heavy atom. The van der Waals surface area contributed by atoms with Gasteiger partial charge in [-0.05, 0) is 36.2 Å². The molecule has 88 valence electrons. The molecule has 0 amide bonds. The predicted molar refractivity (Wildman–Crippen MR) is 71.4 cm³/mol. The van der Waals surface area contributed by atoms with Gasteiger partial charge >= 0.3 is 0 Å². The van der Waals surface area contributed by atoms with Crippen LogP contribution in [-0.4, -0.2) is 18.8 Å². The van der Waals surface area contributed by atoms with Crippen LogP contribution in [0.5, 0.6) is 0 Å². The monoisotopic (exact) mass is 227 g/mol. The van der Waals surface area contributed by atoms with Crippen molar-refractivity contribution >= 4 is 16.5 Å². The molecule has 3 rings (SSSR count). The normalized spacial score (nSPS) is 24.1. The molecular formula is C15H17NO. The fourth-order valence-corrected chi connectivity index (χ4v) is 2.38. The van der Waals surface area contributed by atoms with Crippen LogP contribution in [0.2, 0.25) is 0 Å². The van der Waals surface area contributed by atoms with Crippen LogP contribution in [0, 0.1) is 0 Å². The molecule has 1 unspecified atom stereocenters. The minimum absolute atomic E-state index is 0.0858. The number of ether oxygens (including phenoxy) is 1. The Hall–Kier alpha value is -1.54. The standard InChI is InChI=1S/C15H17NO/c1-15(8-9-17-11-15)16-14-7-6-12-4-2-3-5-13(12)10-14/h2-7,10,16H,8-9,11H2,1H3. The second-order valence-corrected chi connectivity index (χ2v) is 5.05. The first-order valence-corrected chi connectivity index (χ1v) is 6.10. The van der Waals surface area contributed by atoms with Gasteiger partial charge in [0.1, 0.15) is 0 Å². The van der Waals surface area contributed by atoms with Crippen molar-refractivity contribution in [1.82, 2.24) is 0 Å². The molecular weight excluding hydrogens is 210 g/mol. The molecule has 2 heteroatoms. The van der Waals surface area contributed by atoms with E-state index in [4.69, 9.17) is 4.74 Å². The predicted octanol–water partition coefficient (Wildman–Crippen LogP) is 3.43. The van der Waals surface area contributed by atoms with Crippen molar-refractivity contribution in [3.63, 3.8) is 0 Å². The lowest BCUT2D eigenvalue weighted by molar-refractivity contribution is 0.185. The second kappa shape index (κ2) is 4.04. The van der Waals surface area contributed by atoms with Gasteiger partial charge in [-0.15, -0.1) is 0 Å². The third kappa shape index (κ3) is 2.13. The summed E-state index contributed by atoms with van der Waals surface area (Å²) in [5.74, 6) is 0. The van der Waals surface area contributed by atoms with Crippen molar-refractivity contribution in [3.8, 4) is 0 Å². The molecule has 1 aliphatic heterocycles. The highest BCUT2D eigenvalue weighted by molar-refractivity contribution is 5.85. The molecule has 0 saturated carbocycles. The van der Waals surface area contributed by atoms with Crippen molar-refractivity contribution in [2.45, 2.75) is 18.9 Å². The first-order chi connectivity index (χ1) is 8.25. The van der Waals surface area contributed by atoms with E-state index in [1.807, 2.05) is 0 Å². The summed E-state index contributed by atoms with van der Waals surface area (Å²) >= 11 is 0. The zero-order valence-electron chi connectivity index (χ0n) is 10.1. The number of benzene rings is 2. The highest BCUT2D eigenvalue weighted by Crippen LogP contribution is 2.26. The zero-order valence-corrected chi connectivity index (χ0v) is 10.1. The van der Waals surface area contributed by atoms with E-state index in [1.54, 1.807) is 0 Å². The van der Waals surface area contributed by atoms with Gasteiger partial charge in [0.15, 0.2) is 0 Å². The summed E-state index contributed by atoms with van der Waals surface area (Å²) in [4.78, 5) is 0. The Labute approximate surface area is 102 Å². The Morgan fingerprint density at radius 2 is 1.94 bits per heavy atom. The first-order valence-electron chi connectivity index (χ1n) is 6.10. The fourth-order valence-electron chi connectivity index (χ4n) is 2.38. The number of hydrogen-bond donors (Lipinski definition) is 1. The molecule has 0 spiro atoms. The van der Waals surface area contributed by atoms with Gasteiger partial charge in [-0.1, -0.05) is 30.3 Å². The van der Waals surface area contributed by atoms with Crippen LogP contribution in [0.3, 0.4) is 0 Å². The highest BCUT2D eigenvalue weighted by atomic mass is 16.5. The van der Waals surface area contributed by atoms with Crippen LogP contribution in [0.4, 0.5) is 5.69 Å². The van der Waals surface area contributed by atoms with E-state index in [9.17, 15) is 0 Å². The van der Waals surface area contributed by atoms with E-state index >= 15 is 0 Å². The van der Waals surface area contributed by atoms with E-state index in [0.29, 0.717) is 0 Å². The van der Waals surface area contributed by atoms with Crippen molar-refractivity contribution < 1.29 is 4.74 Å². The number of rotatable bonds is 2. The Bertz CT molecular complexity index is 529. The summed E-state index contributed by atoms with van der Waals surface area (Å²) in [6.07, 6.45) is 1.07. The smallest absolute Gasteiger partial charge is 0.0694 e. The quantitative estimate of drug-likeness (QED) is 0.848. The highest BCUT2D eigenvalue weighted by Gasteiger charge is 2.29. The zero-order chi connectivity index (χ0) is 11.7. The van der Waals surface area contributed by atoms with Gasteiger partial charge in [0.2, 0.25) is 0 Å². The topological polar surface area (TPSA) is 21.3 Å². The molecule has 1 heterocycles. The van der Waals surface area contributed by atoms with E-state index in [1.165, 1.54) is 16.5 Å². The molecule has 1 N–H and O–H groups in total. The summed E-state index contributed by atoms with van der Waals surface area (Å²) in [6, 6.07) is 14.9. The molecule has 1 saturated heterocycles. The van der Waals surface area contributed by atoms with E-state index < -0.39 is 0 Å². The van der Waals surface area contributed by atoms with E-state index in [2.05, 4.69) is 54.7 Å². The van der Waals surface area contributed by atoms with Gasteiger partial charge in [0.05, 0.1) is 12.1 Å². The molecule has 2 nitrogen and oxygen atoms in total. The van der Waals surface area contributed by atoms with E-state index in [0.717, 1.165) is 19.6 Å². The molecule has 0 aliphatic carbocycles. The van der Waals surface area contributed by atoms with Gasteiger partial charge in [-0.3, -0.25) is 0 Å². The number of fused-ring (bicyclic) bond motifs is 1. The van der Waals surface area contributed by atoms with Gasteiger partial charge in [0.25, 0.3) is 0 Å². The summed E-state index contributed by atoms with van der Waals surface area (Å²) in [7, 11) is 0. The van der Waals surface area contributed by atoms with Gasteiger partial charge in [-0.2, -0.15) is 0 Å². The van der Waals surface area contributed by atoms with Crippen LogP contribution >= 0.6 is 0 Å². The SMILES string of the molecule is CC1(Nc2ccc3ccccc3c2)CCOC1. The van der Waals surface area contributed by atoms with Crippen molar-refractivity contribution in [2.75, 3.05) is 18.5 Å². The first kappa shape index (κ1) is 10.6. The molecule has 0 radical (unpaired) electrons. The number of hydrogen-bond acceptors (Lipinski definition) is 2. The van der Waals surface area contributed by atoms with Crippen molar-refractivity contribution in [3.05, 3.63) is 42.5 Å². The molecule has 2 aromatic carbocycles. The van der Waals surface area contributed by atoms with Crippen LogP contribution in [0.15, 0.2) is 42.5 Å². The average Bonchev–Trinajstić information content (AvgIpc) is 2.76. The van der Waals surface area contributed by atoms with E-state index in [-0.39, 0.29) is 5.54 Å². The van der Waals surface area contributed by atoms with Crippen molar-refractivity contribution in [2.24, 2.45) is 0 Å². The Kier molecular flexibility index (Phi) is 2.52. The number of anilines is 1. The largest absolute Gasteiger partial charge is 0.379 e. The molecule has 0 aromatic heterocycles. The van der Waals surface area contributed by atoms with Crippen LogP contribution in [0.1, 0.15) is 13.3 Å². The molecule has 0 bridgehead atoms. The maximum absolute atomic E-state index is 5.46. The van der Waals surface area contributed by atoms with Gasteiger partial charge in [0, 0.05) is 12.3 Å². The van der Waals surface area contributed by atoms with Gasteiger partial charge < -0.3 is 10.1 Å². The maximum atomic E-state index is 5.46. The summed E-state index contributed by atoms with van der Waals surface area (Å²) in [5.41, 5.74) is 1.26. The minimum atomic E-state index is 0.0858. The third-order valence-electron chi connectivity index (χ3n) is 3.41. The van der Waals surface area contributed by atoms with Crippen molar-refractivity contribution in [1.29, 1.82) is 0 Å². The second-order valence-electron chi connectivity index (χ2n) is 5.05. The van der Waals surface area contributed by atoms with Crippen LogP contribution in [-0.2, 0) is 4.74 Å². The molecule has 1 aliphatic rings. The third-order valence-corrected chi connectivity index (χ3v) is 3.41. The fraction of sp³-hybridized carbons (Fsp3) is 0.333. The molecule has 2 aromatic rings. The minimum Gasteiger partial charge on any atom is -0.379 e. The lowest BCUT2D eigenvalue weighted by Gasteiger charge is -2.25. The number of nitrogens with one attached hydrogen (secondary N) is 1. The summed E-state index contributed by atoms with van der Waals surface area (Å²) in [6.45, 7) is 3.87. The van der Waals surface area contributed by atoms with Crippen LogP contribution < -0.4 is 5.32 Å². The molecule has 1 fully saturated rings. The average molecular weight is 227 g/mol.